The third kappa shape index (κ3) is 4.03. The molecule has 1 aromatic heterocycles. The molecule has 0 aromatic carbocycles. The standard InChI is InChI=1S/C14H27N5/c1-4-19-10-12(9-16-19)7-13(15)8-14-11-17(2)5-6-18(14)3/h9-10,13-14H,4-8,11,15H2,1-3H3. The second kappa shape index (κ2) is 6.50. The molecule has 108 valence electrons. The SMILES string of the molecule is CCn1cc(CC(N)CC2CN(C)CCN2C)cn1. The monoisotopic (exact) mass is 265 g/mol. The van der Waals surface area contributed by atoms with Gasteiger partial charge < -0.3 is 15.5 Å². The first kappa shape index (κ1) is 14.5. The molecule has 2 rings (SSSR count). The molecule has 19 heavy (non-hydrogen) atoms. The van der Waals surface area contributed by atoms with E-state index in [4.69, 9.17) is 5.73 Å². The molecule has 2 N–H and O–H groups in total. The summed E-state index contributed by atoms with van der Waals surface area (Å²) in [5.41, 5.74) is 7.56. The van der Waals surface area contributed by atoms with Crippen molar-refractivity contribution in [2.24, 2.45) is 5.73 Å². The van der Waals surface area contributed by atoms with Crippen LogP contribution in [0.5, 0.6) is 0 Å². The van der Waals surface area contributed by atoms with Crippen LogP contribution in [0.1, 0.15) is 18.9 Å². The summed E-state index contributed by atoms with van der Waals surface area (Å²) in [4.78, 5) is 4.84. The fourth-order valence-electron chi connectivity index (χ4n) is 2.78. The van der Waals surface area contributed by atoms with E-state index in [0.29, 0.717) is 6.04 Å². The van der Waals surface area contributed by atoms with Crippen LogP contribution in [0.3, 0.4) is 0 Å². The van der Waals surface area contributed by atoms with Gasteiger partial charge in [0.1, 0.15) is 0 Å². The van der Waals surface area contributed by atoms with E-state index in [1.807, 2.05) is 10.9 Å². The van der Waals surface area contributed by atoms with E-state index in [-0.39, 0.29) is 6.04 Å². The zero-order valence-electron chi connectivity index (χ0n) is 12.4. The fraction of sp³-hybridized carbons (Fsp3) is 0.786. The second-order valence-electron chi connectivity index (χ2n) is 5.80. The van der Waals surface area contributed by atoms with Crippen LogP contribution in [0.4, 0.5) is 0 Å². The van der Waals surface area contributed by atoms with Crippen molar-refractivity contribution in [3.8, 4) is 0 Å². The van der Waals surface area contributed by atoms with Gasteiger partial charge in [0, 0.05) is 44.5 Å². The quantitative estimate of drug-likeness (QED) is 0.838. The molecule has 1 aliphatic heterocycles. The predicted octanol–water partition coefficient (Wildman–Crippen LogP) is 0.409. The molecular formula is C14H27N5. The summed E-state index contributed by atoms with van der Waals surface area (Å²) >= 11 is 0. The third-order valence-electron chi connectivity index (χ3n) is 4.06. The van der Waals surface area contributed by atoms with Crippen LogP contribution in [0.15, 0.2) is 12.4 Å². The van der Waals surface area contributed by atoms with E-state index in [2.05, 4.69) is 42.1 Å². The predicted molar refractivity (Wildman–Crippen MR) is 78.1 cm³/mol. The van der Waals surface area contributed by atoms with Gasteiger partial charge in [-0.05, 0) is 39.4 Å². The lowest BCUT2D eigenvalue weighted by molar-refractivity contribution is 0.104. The minimum Gasteiger partial charge on any atom is -0.327 e. The molecular weight excluding hydrogens is 238 g/mol. The first-order chi connectivity index (χ1) is 9.08. The number of nitrogens with two attached hydrogens (primary N) is 1. The molecule has 0 bridgehead atoms. The normalized spacial score (nSPS) is 23.7. The fourth-order valence-corrected chi connectivity index (χ4v) is 2.78. The number of aromatic nitrogens is 2. The Labute approximate surface area is 116 Å². The van der Waals surface area contributed by atoms with Gasteiger partial charge in [-0.3, -0.25) is 4.68 Å². The summed E-state index contributed by atoms with van der Waals surface area (Å²) in [5, 5.41) is 4.30. The van der Waals surface area contributed by atoms with Gasteiger partial charge in [0.25, 0.3) is 0 Å². The number of aryl methyl sites for hydroxylation is 1. The molecule has 0 amide bonds. The Morgan fingerprint density at radius 3 is 2.89 bits per heavy atom. The van der Waals surface area contributed by atoms with Gasteiger partial charge in [-0.1, -0.05) is 0 Å². The van der Waals surface area contributed by atoms with Gasteiger partial charge in [-0.15, -0.1) is 0 Å². The van der Waals surface area contributed by atoms with Crippen molar-refractivity contribution in [3.05, 3.63) is 18.0 Å². The van der Waals surface area contributed by atoms with Gasteiger partial charge in [0.2, 0.25) is 0 Å². The van der Waals surface area contributed by atoms with Crippen LogP contribution in [0.2, 0.25) is 0 Å². The maximum atomic E-state index is 6.31. The topological polar surface area (TPSA) is 50.3 Å². The summed E-state index contributed by atoms with van der Waals surface area (Å²) in [6.45, 7) is 6.44. The molecule has 2 atom stereocenters. The first-order valence-corrected chi connectivity index (χ1v) is 7.24. The van der Waals surface area contributed by atoms with E-state index in [9.17, 15) is 0 Å². The van der Waals surface area contributed by atoms with Crippen LogP contribution >= 0.6 is 0 Å². The summed E-state index contributed by atoms with van der Waals surface area (Å²) < 4.78 is 1.96. The van der Waals surface area contributed by atoms with Crippen molar-refractivity contribution >= 4 is 0 Å². The Hall–Kier alpha value is -0.910. The average molecular weight is 265 g/mol. The van der Waals surface area contributed by atoms with E-state index in [0.717, 1.165) is 39.0 Å². The van der Waals surface area contributed by atoms with Crippen molar-refractivity contribution in [2.45, 2.75) is 38.4 Å². The van der Waals surface area contributed by atoms with Crippen LogP contribution in [0.25, 0.3) is 0 Å². The molecule has 5 nitrogen and oxygen atoms in total. The van der Waals surface area contributed by atoms with Crippen LogP contribution in [-0.4, -0.2) is 65.4 Å². The van der Waals surface area contributed by atoms with Crippen LogP contribution < -0.4 is 5.73 Å². The Morgan fingerprint density at radius 1 is 1.42 bits per heavy atom. The maximum absolute atomic E-state index is 6.31. The zero-order valence-corrected chi connectivity index (χ0v) is 12.4. The lowest BCUT2D eigenvalue weighted by atomic mass is 9.99. The van der Waals surface area contributed by atoms with Gasteiger partial charge in [-0.2, -0.15) is 5.10 Å². The molecule has 0 spiro atoms. The van der Waals surface area contributed by atoms with E-state index in [1.54, 1.807) is 0 Å². The Bertz CT molecular complexity index is 389. The van der Waals surface area contributed by atoms with Crippen molar-refractivity contribution in [2.75, 3.05) is 33.7 Å². The highest BCUT2D eigenvalue weighted by Crippen LogP contribution is 2.13. The van der Waals surface area contributed by atoms with Gasteiger partial charge in [0.15, 0.2) is 0 Å². The Balaban J connectivity index is 1.84. The number of hydrogen-bond donors (Lipinski definition) is 1. The number of nitrogens with zero attached hydrogens (tertiary/aromatic N) is 4. The molecule has 1 aromatic rings. The van der Waals surface area contributed by atoms with Crippen molar-refractivity contribution < 1.29 is 0 Å². The van der Waals surface area contributed by atoms with Crippen molar-refractivity contribution in [1.82, 2.24) is 19.6 Å². The number of piperazine rings is 1. The Kier molecular flexibility index (Phi) is 4.96. The van der Waals surface area contributed by atoms with Crippen molar-refractivity contribution in [1.29, 1.82) is 0 Å². The van der Waals surface area contributed by atoms with E-state index >= 15 is 0 Å². The zero-order chi connectivity index (χ0) is 13.8. The molecule has 0 radical (unpaired) electrons. The second-order valence-corrected chi connectivity index (χ2v) is 5.80. The lowest BCUT2D eigenvalue weighted by Crippen LogP contribution is -2.51. The molecule has 2 unspecified atom stereocenters. The minimum absolute atomic E-state index is 0.216. The highest BCUT2D eigenvalue weighted by atomic mass is 15.3. The molecule has 1 aliphatic rings. The van der Waals surface area contributed by atoms with Gasteiger partial charge >= 0.3 is 0 Å². The smallest absolute Gasteiger partial charge is 0.0522 e. The third-order valence-corrected chi connectivity index (χ3v) is 4.06. The van der Waals surface area contributed by atoms with Gasteiger partial charge in [0.05, 0.1) is 6.20 Å². The molecule has 1 saturated heterocycles. The number of hydrogen-bond acceptors (Lipinski definition) is 4. The molecule has 2 heterocycles. The molecule has 5 heteroatoms. The Morgan fingerprint density at radius 2 is 2.21 bits per heavy atom. The molecule has 0 saturated carbocycles. The van der Waals surface area contributed by atoms with Crippen molar-refractivity contribution in [3.63, 3.8) is 0 Å². The largest absolute Gasteiger partial charge is 0.327 e. The summed E-state index contributed by atoms with van der Waals surface area (Å²) in [6.07, 6.45) is 6.03. The summed E-state index contributed by atoms with van der Waals surface area (Å²) in [5.74, 6) is 0. The van der Waals surface area contributed by atoms with Crippen LogP contribution in [-0.2, 0) is 13.0 Å². The van der Waals surface area contributed by atoms with E-state index < -0.39 is 0 Å². The highest BCUT2D eigenvalue weighted by molar-refractivity contribution is 5.06. The average Bonchev–Trinajstić information content (AvgIpc) is 2.81. The van der Waals surface area contributed by atoms with Gasteiger partial charge in [-0.25, -0.2) is 0 Å². The first-order valence-electron chi connectivity index (χ1n) is 7.24. The molecule has 1 fully saturated rings. The minimum atomic E-state index is 0.216. The number of likely N-dealkylation sites (N-methyl/N-ethyl adjacent to an activating group) is 2. The van der Waals surface area contributed by atoms with Crippen LogP contribution in [0, 0.1) is 0 Å². The maximum Gasteiger partial charge on any atom is 0.0522 e. The number of rotatable bonds is 5. The molecule has 0 aliphatic carbocycles. The highest BCUT2D eigenvalue weighted by Gasteiger charge is 2.24. The van der Waals surface area contributed by atoms with E-state index in [1.165, 1.54) is 5.56 Å². The lowest BCUT2D eigenvalue weighted by Gasteiger charge is -2.38. The summed E-state index contributed by atoms with van der Waals surface area (Å²) in [6, 6.07) is 0.795. The summed E-state index contributed by atoms with van der Waals surface area (Å²) in [7, 11) is 4.40.